The normalized spacial score (nSPS) is 19.9. The fourth-order valence-electron chi connectivity index (χ4n) is 5.54. The van der Waals surface area contributed by atoms with Crippen molar-refractivity contribution in [3.8, 4) is 6.07 Å². The molecule has 0 radical (unpaired) electrons. The molecule has 1 saturated heterocycles. The highest BCUT2D eigenvalue weighted by atomic mass is 16.5. The number of rotatable bonds is 11. The summed E-state index contributed by atoms with van der Waals surface area (Å²) in [4.78, 5) is 30.5. The average Bonchev–Trinajstić information content (AvgIpc) is 2.87. The largest absolute Gasteiger partial charge is 0.378 e. The molecule has 2 unspecified atom stereocenters. The van der Waals surface area contributed by atoms with Crippen molar-refractivity contribution in [2.24, 2.45) is 23.0 Å². The van der Waals surface area contributed by atoms with Gasteiger partial charge in [0.2, 0.25) is 11.8 Å². The fraction of sp³-hybridized carbons (Fsp3) is 0.667. The second-order valence-electron chi connectivity index (χ2n) is 9.89. The second kappa shape index (κ2) is 12.9. The van der Waals surface area contributed by atoms with Gasteiger partial charge in [-0.25, -0.2) is 0 Å². The van der Waals surface area contributed by atoms with Gasteiger partial charge >= 0.3 is 0 Å². The predicted molar refractivity (Wildman–Crippen MR) is 131 cm³/mol. The molecule has 1 aromatic carbocycles. The van der Waals surface area contributed by atoms with E-state index in [1.54, 1.807) is 4.90 Å². The van der Waals surface area contributed by atoms with Gasteiger partial charge in [0.15, 0.2) is 0 Å². The second-order valence-corrected chi connectivity index (χ2v) is 9.89. The van der Waals surface area contributed by atoms with Crippen molar-refractivity contribution in [1.82, 2.24) is 9.80 Å². The molecule has 34 heavy (non-hydrogen) atoms. The molecule has 2 aliphatic rings. The lowest BCUT2D eigenvalue weighted by Gasteiger charge is -2.41. The number of nitrogens with two attached hydrogens (primary N) is 1. The van der Waals surface area contributed by atoms with E-state index in [0.717, 1.165) is 37.8 Å². The maximum atomic E-state index is 13.4. The molecule has 1 saturated carbocycles. The Hall–Kier alpha value is -2.43. The molecule has 3 rings (SSSR count). The lowest BCUT2D eigenvalue weighted by atomic mass is 9.65. The molecule has 1 heterocycles. The summed E-state index contributed by atoms with van der Waals surface area (Å²) in [5.41, 5.74) is 6.09. The fourth-order valence-corrected chi connectivity index (χ4v) is 5.54. The minimum Gasteiger partial charge on any atom is -0.378 e. The molecule has 7 nitrogen and oxygen atoms in total. The van der Waals surface area contributed by atoms with Crippen molar-refractivity contribution in [1.29, 1.82) is 5.26 Å². The van der Waals surface area contributed by atoms with Crippen LogP contribution in [0.1, 0.15) is 57.4 Å². The van der Waals surface area contributed by atoms with E-state index in [1.165, 1.54) is 6.42 Å². The standard InChI is InChI=1S/C27H40N4O3/c1-2-30(20-23-11-7-4-8-12-23)21-24(19-28)27(26(29)33,17-22-9-5-3-6-10-22)18-25(32)31-13-15-34-16-14-31/h4,7-8,11-12,22,24H,2-3,5-6,9-10,13-18,20-21H2,1H3,(H2,29,33). The number of nitriles is 1. The minimum absolute atomic E-state index is 0.0000483. The Balaban J connectivity index is 1.86. The Labute approximate surface area is 204 Å². The minimum atomic E-state index is -1.17. The van der Waals surface area contributed by atoms with Crippen molar-refractivity contribution in [2.75, 3.05) is 39.4 Å². The highest BCUT2D eigenvalue weighted by Crippen LogP contribution is 2.43. The summed E-state index contributed by atoms with van der Waals surface area (Å²) < 4.78 is 5.40. The van der Waals surface area contributed by atoms with Gasteiger partial charge in [0.05, 0.1) is 30.6 Å². The first kappa shape index (κ1) is 26.2. The number of ether oxygens (including phenoxy) is 1. The lowest BCUT2D eigenvalue weighted by Crippen LogP contribution is -2.52. The van der Waals surface area contributed by atoms with Crippen LogP contribution in [0.15, 0.2) is 30.3 Å². The Bertz CT molecular complexity index is 828. The zero-order valence-corrected chi connectivity index (χ0v) is 20.6. The smallest absolute Gasteiger partial charge is 0.225 e. The van der Waals surface area contributed by atoms with Crippen molar-refractivity contribution < 1.29 is 14.3 Å². The summed E-state index contributed by atoms with van der Waals surface area (Å²) in [6.45, 7) is 5.93. The molecule has 186 valence electrons. The van der Waals surface area contributed by atoms with Crippen molar-refractivity contribution in [3.63, 3.8) is 0 Å². The maximum absolute atomic E-state index is 13.4. The molecule has 2 N–H and O–H groups in total. The van der Waals surface area contributed by atoms with Crippen molar-refractivity contribution in [3.05, 3.63) is 35.9 Å². The van der Waals surface area contributed by atoms with Gasteiger partial charge in [-0.3, -0.25) is 14.5 Å². The van der Waals surface area contributed by atoms with Crippen molar-refractivity contribution >= 4 is 11.8 Å². The van der Waals surface area contributed by atoms with E-state index in [-0.39, 0.29) is 12.3 Å². The van der Waals surface area contributed by atoms with Crippen LogP contribution in [0, 0.1) is 28.6 Å². The van der Waals surface area contributed by atoms with Crippen LogP contribution in [0.3, 0.4) is 0 Å². The van der Waals surface area contributed by atoms with Gasteiger partial charge in [0, 0.05) is 32.6 Å². The van der Waals surface area contributed by atoms with Crippen LogP contribution in [-0.4, -0.2) is 61.0 Å². The molecule has 0 bridgehead atoms. The Morgan fingerprint density at radius 1 is 1.21 bits per heavy atom. The SMILES string of the molecule is CCN(Cc1ccccc1)CC(C#N)C(CC(=O)N1CCOCC1)(CC1CCCCC1)C(N)=O. The van der Waals surface area contributed by atoms with Crippen LogP contribution in [-0.2, 0) is 20.9 Å². The molecule has 2 amide bonds. The number of hydrogen-bond donors (Lipinski definition) is 1. The number of primary amides is 1. The first-order valence-corrected chi connectivity index (χ1v) is 12.8. The van der Waals surface area contributed by atoms with Crippen LogP contribution in [0.5, 0.6) is 0 Å². The first-order valence-electron chi connectivity index (χ1n) is 12.8. The third kappa shape index (κ3) is 6.80. The van der Waals surface area contributed by atoms with Crippen molar-refractivity contribution in [2.45, 2.75) is 58.4 Å². The number of carbonyl (C=O) groups excluding carboxylic acids is 2. The predicted octanol–water partition coefficient (Wildman–Crippen LogP) is 3.34. The van der Waals surface area contributed by atoms with Gasteiger partial charge in [-0.1, -0.05) is 69.4 Å². The third-order valence-electron chi connectivity index (χ3n) is 7.66. The van der Waals surface area contributed by atoms with E-state index in [4.69, 9.17) is 10.5 Å². The molecule has 2 fully saturated rings. The van der Waals surface area contributed by atoms with E-state index in [2.05, 4.69) is 30.0 Å². The third-order valence-corrected chi connectivity index (χ3v) is 7.66. The zero-order chi connectivity index (χ0) is 24.4. The lowest BCUT2D eigenvalue weighted by molar-refractivity contribution is -0.145. The first-order chi connectivity index (χ1) is 16.5. The molecular formula is C27H40N4O3. The van der Waals surface area contributed by atoms with E-state index >= 15 is 0 Å². The van der Waals surface area contributed by atoms with Crippen LogP contribution in [0.25, 0.3) is 0 Å². The Morgan fingerprint density at radius 3 is 2.47 bits per heavy atom. The quantitative estimate of drug-likeness (QED) is 0.537. The summed E-state index contributed by atoms with van der Waals surface area (Å²) in [5, 5.41) is 10.3. The van der Waals surface area contributed by atoms with Gasteiger partial charge in [0.25, 0.3) is 0 Å². The Kier molecular flexibility index (Phi) is 9.91. The number of amides is 2. The van der Waals surface area contributed by atoms with Gasteiger partial charge in [0.1, 0.15) is 0 Å². The van der Waals surface area contributed by atoms with Gasteiger partial charge in [-0.05, 0) is 24.4 Å². The van der Waals surface area contributed by atoms with Crippen LogP contribution in [0.2, 0.25) is 0 Å². The summed E-state index contributed by atoms with van der Waals surface area (Å²) in [7, 11) is 0. The molecule has 1 aliphatic heterocycles. The summed E-state index contributed by atoms with van der Waals surface area (Å²) in [6.07, 6.45) is 6.03. The van der Waals surface area contributed by atoms with Gasteiger partial charge < -0.3 is 15.4 Å². The number of morpholine rings is 1. The van der Waals surface area contributed by atoms with E-state index in [0.29, 0.717) is 51.7 Å². The van der Waals surface area contributed by atoms with E-state index in [9.17, 15) is 14.9 Å². The number of carbonyl (C=O) groups is 2. The van der Waals surface area contributed by atoms with Gasteiger partial charge in [-0.2, -0.15) is 5.26 Å². The molecule has 0 aromatic heterocycles. The highest BCUT2D eigenvalue weighted by Gasteiger charge is 2.49. The number of nitrogens with zero attached hydrogens (tertiary/aromatic N) is 3. The topological polar surface area (TPSA) is 99.7 Å². The number of benzene rings is 1. The summed E-state index contributed by atoms with van der Waals surface area (Å²) >= 11 is 0. The molecular weight excluding hydrogens is 428 g/mol. The highest BCUT2D eigenvalue weighted by molar-refractivity contribution is 5.88. The summed E-state index contributed by atoms with van der Waals surface area (Å²) in [5.74, 6) is -0.939. The molecule has 7 heteroatoms. The molecule has 1 aromatic rings. The summed E-state index contributed by atoms with van der Waals surface area (Å²) in [6, 6.07) is 12.6. The van der Waals surface area contributed by atoms with E-state index < -0.39 is 17.2 Å². The Morgan fingerprint density at radius 2 is 1.88 bits per heavy atom. The van der Waals surface area contributed by atoms with E-state index in [1.807, 2.05) is 18.2 Å². The molecule has 2 atom stereocenters. The van der Waals surface area contributed by atoms with Crippen LogP contribution < -0.4 is 5.73 Å². The average molecular weight is 469 g/mol. The number of hydrogen-bond acceptors (Lipinski definition) is 5. The monoisotopic (exact) mass is 468 g/mol. The molecule has 0 spiro atoms. The van der Waals surface area contributed by atoms with Crippen LogP contribution >= 0.6 is 0 Å². The van der Waals surface area contributed by atoms with Gasteiger partial charge in [-0.15, -0.1) is 0 Å². The molecule has 1 aliphatic carbocycles. The zero-order valence-electron chi connectivity index (χ0n) is 20.6. The maximum Gasteiger partial charge on any atom is 0.225 e. The van der Waals surface area contributed by atoms with Crippen LogP contribution in [0.4, 0.5) is 0 Å².